The molecule has 40 heavy (non-hydrogen) atoms. The number of nitrogens with one attached hydrogen (secondary N) is 1. The summed E-state index contributed by atoms with van der Waals surface area (Å²) in [6.07, 6.45) is 1.67. The lowest BCUT2D eigenvalue weighted by Crippen LogP contribution is -2.50. The van der Waals surface area contributed by atoms with E-state index >= 15 is 0 Å². The third-order valence-electron chi connectivity index (χ3n) is 7.27. The Kier molecular flexibility index (Phi) is 12.3. The third kappa shape index (κ3) is 9.19. The Morgan fingerprint density at radius 2 is 1.93 bits per heavy atom. The molecule has 1 aromatic carbocycles. The number of Topliss-reactive ketones (excluding diaryl/α,β-unsaturated/α-hetero) is 1. The molecule has 10 heteroatoms. The number of alkyl halides is 1. The lowest BCUT2D eigenvalue weighted by Gasteiger charge is -2.34. The summed E-state index contributed by atoms with van der Waals surface area (Å²) in [5.74, 6) is -1.20. The van der Waals surface area contributed by atoms with Gasteiger partial charge in [-0.05, 0) is 36.3 Å². The van der Waals surface area contributed by atoms with Gasteiger partial charge in [-0.3, -0.25) is 14.4 Å². The van der Waals surface area contributed by atoms with Crippen molar-refractivity contribution in [2.45, 2.75) is 78.5 Å². The number of thiazole rings is 1. The first-order valence-corrected chi connectivity index (χ1v) is 15.9. The molecule has 0 bridgehead atoms. The number of aryl methyl sites for hydroxylation is 1. The van der Waals surface area contributed by atoms with Crippen molar-refractivity contribution in [3.8, 4) is 10.4 Å². The number of aliphatic hydroxyl groups is 1. The van der Waals surface area contributed by atoms with Crippen LogP contribution in [0.2, 0.25) is 0 Å². The first kappa shape index (κ1) is 32.4. The molecule has 1 saturated heterocycles. The molecule has 1 aromatic heterocycles. The van der Waals surface area contributed by atoms with E-state index in [1.54, 1.807) is 11.3 Å². The molecule has 8 nitrogen and oxygen atoms in total. The summed E-state index contributed by atoms with van der Waals surface area (Å²) in [5, 5.41) is 14.3. The first-order chi connectivity index (χ1) is 19.0. The van der Waals surface area contributed by atoms with Crippen LogP contribution in [-0.4, -0.2) is 69.8 Å². The molecule has 3 atom stereocenters. The van der Waals surface area contributed by atoms with Crippen LogP contribution < -0.4 is 5.32 Å². The number of carbonyl (C=O) groups excluding carboxylic acids is 3. The summed E-state index contributed by atoms with van der Waals surface area (Å²) in [6.45, 7) is 9.11. The summed E-state index contributed by atoms with van der Waals surface area (Å²) >= 11 is 4.98. The van der Waals surface area contributed by atoms with Gasteiger partial charge in [-0.1, -0.05) is 61.0 Å². The van der Waals surface area contributed by atoms with Crippen molar-refractivity contribution in [3.05, 3.63) is 41.0 Å². The van der Waals surface area contributed by atoms with Crippen molar-refractivity contribution in [1.29, 1.82) is 0 Å². The molecule has 2 N–H and O–H groups in total. The summed E-state index contributed by atoms with van der Waals surface area (Å²) in [7, 11) is 0. The van der Waals surface area contributed by atoms with Crippen molar-refractivity contribution in [2.75, 3.05) is 25.1 Å². The molecule has 2 amide bonds. The third-order valence-corrected chi connectivity index (χ3v) is 8.80. The topological polar surface area (TPSA) is 109 Å². The smallest absolute Gasteiger partial charge is 0.243 e. The van der Waals surface area contributed by atoms with Gasteiger partial charge in [0.05, 0.1) is 28.8 Å². The Balaban J connectivity index is 1.59. The largest absolute Gasteiger partial charge is 0.391 e. The molecule has 0 spiro atoms. The number of hydrogen-bond donors (Lipinski definition) is 2. The van der Waals surface area contributed by atoms with E-state index in [4.69, 9.17) is 4.74 Å². The summed E-state index contributed by atoms with van der Waals surface area (Å²) in [4.78, 5) is 46.6. The Hall–Kier alpha value is -2.14. The second-order valence-electron chi connectivity index (χ2n) is 11.5. The van der Waals surface area contributed by atoms with Gasteiger partial charge < -0.3 is 20.1 Å². The molecule has 1 aliphatic rings. The normalized spacial score (nSPS) is 18.1. The molecule has 0 unspecified atom stereocenters. The highest BCUT2D eigenvalue weighted by Crippen LogP contribution is 2.34. The number of hydrogen-bond acceptors (Lipinski definition) is 7. The number of amides is 2. The molecule has 0 aliphatic carbocycles. The number of ether oxygens (including phenoxy) is 1. The van der Waals surface area contributed by atoms with E-state index in [1.165, 1.54) is 4.90 Å². The maximum Gasteiger partial charge on any atom is 0.243 e. The van der Waals surface area contributed by atoms with Crippen LogP contribution in [0.15, 0.2) is 29.8 Å². The van der Waals surface area contributed by atoms with Crippen molar-refractivity contribution in [1.82, 2.24) is 15.2 Å². The number of rotatable bonds is 14. The lowest BCUT2D eigenvalue weighted by atomic mass is 9.76. The molecule has 2 heterocycles. The van der Waals surface area contributed by atoms with Gasteiger partial charge in [0.25, 0.3) is 0 Å². The van der Waals surface area contributed by atoms with E-state index in [0.717, 1.165) is 39.9 Å². The first-order valence-electron chi connectivity index (χ1n) is 13.9. The average molecular weight is 637 g/mol. The van der Waals surface area contributed by atoms with Gasteiger partial charge in [0.1, 0.15) is 11.8 Å². The van der Waals surface area contributed by atoms with Gasteiger partial charge in [-0.2, -0.15) is 0 Å². The van der Waals surface area contributed by atoms with E-state index in [1.807, 2.05) is 57.5 Å². The van der Waals surface area contributed by atoms with Crippen LogP contribution in [0, 0.1) is 18.3 Å². The van der Waals surface area contributed by atoms with Crippen LogP contribution >= 0.6 is 27.3 Å². The van der Waals surface area contributed by atoms with Gasteiger partial charge in [0, 0.05) is 50.2 Å². The van der Waals surface area contributed by atoms with Crippen molar-refractivity contribution in [3.63, 3.8) is 0 Å². The number of unbranched alkanes of at least 4 members (excludes halogenated alkanes) is 1. The molecule has 220 valence electrons. The number of aliphatic hydroxyl groups excluding tert-OH is 1. The Morgan fingerprint density at radius 1 is 1.20 bits per heavy atom. The quantitative estimate of drug-likeness (QED) is 0.226. The standard InChI is InChI=1S/C30H42BrN3O5S/c1-20-27(40-19-33-20)22-9-7-21(8-10-22)17-32-28(37)26-16-24(36)18-34(26)29(38)25(30(2,3)4)15-23(35)11-14-39-13-6-5-12-31/h7-10,19,24-26,36H,5-6,11-18H2,1-4H3,(H,32,37)/t24-,25-,26+/m1/s1. The lowest BCUT2D eigenvalue weighted by molar-refractivity contribution is -0.146. The van der Waals surface area contributed by atoms with Crippen LogP contribution in [0.4, 0.5) is 0 Å². The minimum atomic E-state index is -0.786. The molecule has 1 fully saturated rings. The van der Waals surface area contributed by atoms with Crippen molar-refractivity contribution >= 4 is 44.9 Å². The monoisotopic (exact) mass is 635 g/mol. The Bertz CT molecular complexity index is 1130. The predicted octanol–water partition coefficient (Wildman–Crippen LogP) is 4.90. The van der Waals surface area contributed by atoms with Crippen LogP contribution in [0.25, 0.3) is 10.4 Å². The van der Waals surface area contributed by atoms with Crippen LogP contribution in [0.3, 0.4) is 0 Å². The minimum Gasteiger partial charge on any atom is -0.391 e. The number of aromatic nitrogens is 1. The Morgan fingerprint density at radius 3 is 2.55 bits per heavy atom. The fourth-order valence-electron chi connectivity index (χ4n) is 4.85. The van der Waals surface area contributed by atoms with Crippen molar-refractivity contribution < 1.29 is 24.2 Å². The molecule has 2 aromatic rings. The molecule has 3 rings (SSSR count). The van der Waals surface area contributed by atoms with Crippen LogP contribution in [0.5, 0.6) is 0 Å². The van der Waals surface area contributed by atoms with Crippen molar-refractivity contribution in [2.24, 2.45) is 11.3 Å². The van der Waals surface area contributed by atoms with E-state index in [9.17, 15) is 19.5 Å². The SMILES string of the molecule is Cc1ncsc1-c1ccc(CNC(=O)[C@@H]2C[C@@H](O)CN2C(=O)[C@@H](CC(=O)CCOCCCCBr)C(C)(C)C)cc1. The van der Waals surface area contributed by atoms with Crippen LogP contribution in [-0.2, 0) is 25.7 Å². The second-order valence-corrected chi connectivity index (χ2v) is 13.1. The summed E-state index contributed by atoms with van der Waals surface area (Å²) in [5.41, 5.74) is 4.33. The molecular formula is C30H42BrN3O5S. The van der Waals surface area contributed by atoms with E-state index in [-0.39, 0.29) is 43.4 Å². The number of nitrogens with zero attached hydrogens (tertiary/aromatic N) is 2. The number of ketones is 1. The zero-order valence-corrected chi connectivity index (χ0v) is 26.4. The summed E-state index contributed by atoms with van der Waals surface area (Å²) in [6, 6.07) is 7.17. The van der Waals surface area contributed by atoms with Crippen LogP contribution in [0.1, 0.15) is 64.1 Å². The summed E-state index contributed by atoms with van der Waals surface area (Å²) < 4.78 is 5.56. The fourth-order valence-corrected chi connectivity index (χ4v) is 6.05. The van der Waals surface area contributed by atoms with Gasteiger partial charge in [0.2, 0.25) is 11.8 Å². The number of likely N-dealkylation sites (tertiary alicyclic amines) is 1. The molecule has 0 radical (unpaired) electrons. The predicted molar refractivity (Wildman–Crippen MR) is 161 cm³/mol. The molecular weight excluding hydrogens is 594 g/mol. The maximum atomic E-state index is 13.7. The maximum absolute atomic E-state index is 13.7. The number of benzene rings is 1. The average Bonchev–Trinajstić information content (AvgIpc) is 3.52. The highest BCUT2D eigenvalue weighted by molar-refractivity contribution is 9.09. The fraction of sp³-hybridized carbons (Fsp3) is 0.600. The van der Waals surface area contributed by atoms with Gasteiger partial charge >= 0.3 is 0 Å². The number of β-amino-alcohol motifs (C(OH)–C–C–N with tert-alkyl or cyclic N) is 1. The minimum absolute atomic E-state index is 0.0357. The number of halogens is 1. The Labute approximate surface area is 250 Å². The van der Waals surface area contributed by atoms with E-state index < -0.39 is 23.5 Å². The number of carbonyl (C=O) groups is 3. The molecule has 0 saturated carbocycles. The molecule has 1 aliphatic heterocycles. The van der Waals surface area contributed by atoms with E-state index in [0.29, 0.717) is 19.8 Å². The second kappa shape index (κ2) is 15.2. The highest BCUT2D eigenvalue weighted by Gasteiger charge is 2.44. The van der Waals surface area contributed by atoms with Gasteiger partial charge in [-0.15, -0.1) is 11.3 Å². The van der Waals surface area contributed by atoms with Gasteiger partial charge in [0.15, 0.2) is 0 Å². The highest BCUT2D eigenvalue weighted by atomic mass is 79.9. The van der Waals surface area contributed by atoms with Gasteiger partial charge in [-0.25, -0.2) is 4.98 Å². The zero-order chi connectivity index (χ0) is 29.3. The van der Waals surface area contributed by atoms with E-state index in [2.05, 4.69) is 26.2 Å². The zero-order valence-electron chi connectivity index (χ0n) is 24.0.